The molecule has 18 heavy (non-hydrogen) atoms. The molecule has 2 N–H and O–H groups in total. The molecule has 0 bridgehead atoms. The maximum atomic E-state index is 11.9. The molecule has 1 fully saturated rings. The summed E-state index contributed by atoms with van der Waals surface area (Å²) in [4.78, 5) is 13.5. The van der Waals surface area contributed by atoms with Crippen molar-refractivity contribution in [1.29, 1.82) is 0 Å². The van der Waals surface area contributed by atoms with E-state index in [1.165, 1.54) is 5.56 Å². The van der Waals surface area contributed by atoms with E-state index in [0.717, 1.165) is 18.6 Å². The van der Waals surface area contributed by atoms with Crippen LogP contribution in [0, 0.1) is 6.92 Å². The van der Waals surface area contributed by atoms with Gasteiger partial charge in [0.05, 0.1) is 12.1 Å². The lowest BCUT2D eigenvalue weighted by atomic mass is 10.2. The van der Waals surface area contributed by atoms with Gasteiger partial charge < -0.3 is 15.4 Å². The predicted octanol–water partition coefficient (Wildman–Crippen LogP) is 1.32. The molecule has 1 amide bonds. The van der Waals surface area contributed by atoms with Gasteiger partial charge in [0.25, 0.3) is 0 Å². The minimum absolute atomic E-state index is 0.0232. The number of ether oxygens (including phenoxy) is 1. The van der Waals surface area contributed by atoms with Gasteiger partial charge in [-0.3, -0.25) is 4.79 Å². The topological polar surface area (TPSA) is 55.6 Å². The Kier molecular flexibility index (Phi) is 3.57. The molecule has 0 spiro atoms. The molecule has 1 saturated carbocycles. The third-order valence-corrected chi connectivity index (χ3v) is 3.28. The highest BCUT2D eigenvalue weighted by atomic mass is 16.5. The zero-order valence-electron chi connectivity index (χ0n) is 11.0. The Morgan fingerprint density at radius 2 is 2.00 bits per heavy atom. The molecule has 0 radical (unpaired) electrons. The largest absolute Gasteiger partial charge is 0.492 e. The second kappa shape index (κ2) is 4.98. The van der Waals surface area contributed by atoms with Crippen LogP contribution in [-0.4, -0.2) is 36.5 Å². The number of hydrogen-bond donors (Lipinski definition) is 1. The van der Waals surface area contributed by atoms with Crippen LogP contribution in [0.15, 0.2) is 24.3 Å². The highest BCUT2D eigenvalue weighted by Crippen LogP contribution is 2.33. The van der Waals surface area contributed by atoms with Crippen LogP contribution in [0.5, 0.6) is 5.75 Å². The van der Waals surface area contributed by atoms with Crippen LogP contribution in [0.1, 0.15) is 18.4 Å². The van der Waals surface area contributed by atoms with Crippen LogP contribution in [-0.2, 0) is 4.79 Å². The summed E-state index contributed by atoms with van der Waals surface area (Å²) in [5, 5.41) is 0. The number of aryl methyl sites for hydroxylation is 1. The van der Waals surface area contributed by atoms with E-state index in [9.17, 15) is 4.79 Å². The fraction of sp³-hybridized carbons (Fsp3) is 0.500. The molecule has 0 aliphatic heterocycles. The molecule has 4 heteroatoms. The first-order valence-corrected chi connectivity index (χ1v) is 6.25. The Morgan fingerprint density at radius 3 is 2.56 bits per heavy atom. The summed E-state index contributed by atoms with van der Waals surface area (Å²) in [5.41, 5.74) is 6.48. The molecule has 1 aliphatic carbocycles. The van der Waals surface area contributed by atoms with Gasteiger partial charge in [-0.25, -0.2) is 0 Å². The van der Waals surface area contributed by atoms with Gasteiger partial charge in [-0.1, -0.05) is 17.7 Å². The second-order valence-electron chi connectivity index (χ2n) is 5.04. The summed E-state index contributed by atoms with van der Waals surface area (Å²) < 4.78 is 5.58. The van der Waals surface area contributed by atoms with E-state index in [1.807, 2.05) is 31.2 Å². The molecule has 0 aromatic heterocycles. The van der Waals surface area contributed by atoms with Crippen molar-refractivity contribution in [2.45, 2.75) is 25.3 Å². The summed E-state index contributed by atoms with van der Waals surface area (Å²) in [6.45, 7) is 3.08. The quantitative estimate of drug-likeness (QED) is 0.855. The average Bonchev–Trinajstić information content (AvgIpc) is 3.10. The van der Waals surface area contributed by atoms with E-state index >= 15 is 0 Å². The van der Waals surface area contributed by atoms with E-state index in [0.29, 0.717) is 13.2 Å². The minimum atomic E-state index is -0.585. The molecule has 0 unspecified atom stereocenters. The van der Waals surface area contributed by atoms with Gasteiger partial charge in [0.2, 0.25) is 5.91 Å². The van der Waals surface area contributed by atoms with Gasteiger partial charge in [0, 0.05) is 7.05 Å². The van der Waals surface area contributed by atoms with E-state index < -0.39 is 5.54 Å². The lowest BCUT2D eigenvalue weighted by Gasteiger charge is -2.20. The number of likely N-dealkylation sites (N-methyl/N-ethyl adjacent to an activating group) is 1. The van der Waals surface area contributed by atoms with Gasteiger partial charge in [-0.05, 0) is 31.9 Å². The van der Waals surface area contributed by atoms with Gasteiger partial charge in [-0.2, -0.15) is 0 Å². The highest BCUT2D eigenvalue weighted by molar-refractivity contribution is 5.88. The average molecular weight is 248 g/mol. The van der Waals surface area contributed by atoms with Crippen LogP contribution in [0.4, 0.5) is 0 Å². The van der Waals surface area contributed by atoms with E-state index in [1.54, 1.807) is 11.9 Å². The van der Waals surface area contributed by atoms with E-state index in [2.05, 4.69) is 0 Å². The maximum absolute atomic E-state index is 11.9. The summed E-state index contributed by atoms with van der Waals surface area (Å²) in [5.74, 6) is 0.852. The van der Waals surface area contributed by atoms with Crippen molar-refractivity contribution in [2.75, 3.05) is 20.2 Å². The van der Waals surface area contributed by atoms with E-state index in [4.69, 9.17) is 10.5 Å². The predicted molar refractivity (Wildman–Crippen MR) is 70.5 cm³/mol. The molecule has 1 aromatic carbocycles. The SMILES string of the molecule is Cc1ccc(OCCN(C)C(=O)C2(N)CC2)cc1. The first kappa shape index (κ1) is 12.9. The lowest BCUT2D eigenvalue weighted by Crippen LogP contribution is -2.45. The molecule has 0 atom stereocenters. The molecule has 1 aliphatic rings. The first-order valence-electron chi connectivity index (χ1n) is 6.25. The number of hydrogen-bond acceptors (Lipinski definition) is 3. The van der Waals surface area contributed by atoms with Crippen molar-refractivity contribution in [3.8, 4) is 5.75 Å². The number of carbonyl (C=O) groups is 1. The number of benzene rings is 1. The van der Waals surface area contributed by atoms with Crippen LogP contribution in [0.2, 0.25) is 0 Å². The highest BCUT2D eigenvalue weighted by Gasteiger charge is 2.47. The Labute approximate surface area is 108 Å². The molecule has 0 saturated heterocycles. The van der Waals surface area contributed by atoms with Gasteiger partial charge >= 0.3 is 0 Å². The van der Waals surface area contributed by atoms with Crippen molar-refractivity contribution in [1.82, 2.24) is 4.90 Å². The Balaban J connectivity index is 1.75. The molecular formula is C14H20N2O2. The van der Waals surface area contributed by atoms with Crippen LogP contribution < -0.4 is 10.5 Å². The third kappa shape index (κ3) is 3.01. The molecule has 2 rings (SSSR count). The molecular weight excluding hydrogens is 228 g/mol. The number of carbonyl (C=O) groups excluding carboxylic acids is 1. The van der Waals surface area contributed by atoms with Crippen LogP contribution in [0.3, 0.4) is 0 Å². The van der Waals surface area contributed by atoms with E-state index in [-0.39, 0.29) is 5.91 Å². The smallest absolute Gasteiger partial charge is 0.242 e. The van der Waals surface area contributed by atoms with Gasteiger partial charge in [-0.15, -0.1) is 0 Å². The fourth-order valence-electron chi connectivity index (χ4n) is 1.77. The number of amides is 1. The monoisotopic (exact) mass is 248 g/mol. The number of nitrogens with zero attached hydrogens (tertiary/aromatic N) is 1. The lowest BCUT2D eigenvalue weighted by molar-refractivity contribution is -0.132. The van der Waals surface area contributed by atoms with Gasteiger partial charge in [0.15, 0.2) is 0 Å². The zero-order valence-corrected chi connectivity index (χ0v) is 11.0. The Hall–Kier alpha value is -1.55. The molecule has 1 aromatic rings. The molecule has 0 heterocycles. The number of rotatable bonds is 5. The van der Waals surface area contributed by atoms with Crippen molar-refractivity contribution >= 4 is 5.91 Å². The maximum Gasteiger partial charge on any atom is 0.242 e. The van der Waals surface area contributed by atoms with Crippen LogP contribution in [0.25, 0.3) is 0 Å². The minimum Gasteiger partial charge on any atom is -0.492 e. The first-order chi connectivity index (χ1) is 8.51. The Morgan fingerprint density at radius 1 is 1.39 bits per heavy atom. The summed E-state index contributed by atoms with van der Waals surface area (Å²) in [7, 11) is 1.77. The third-order valence-electron chi connectivity index (χ3n) is 3.28. The summed E-state index contributed by atoms with van der Waals surface area (Å²) in [6, 6.07) is 7.87. The summed E-state index contributed by atoms with van der Waals surface area (Å²) >= 11 is 0. The number of nitrogens with two attached hydrogens (primary N) is 1. The Bertz CT molecular complexity index is 424. The molecule has 98 valence electrons. The van der Waals surface area contributed by atoms with Crippen molar-refractivity contribution in [2.24, 2.45) is 5.73 Å². The van der Waals surface area contributed by atoms with Crippen molar-refractivity contribution in [3.05, 3.63) is 29.8 Å². The summed E-state index contributed by atoms with van der Waals surface area (Å²) in [6.07, 6.45) is 1.60. The molecule has 4 nitrogen and oxygen atoms in total. The van der Waals surface area contributed by atoms with Crippen LogP contribution >= 0.6 is 0 Å². The normalized spacial score (nSPS) is 16.2. The van der Waals surface area contributed by atoms with Crippen molar-refractivity contribution in [3.63, 3.8) is 0 Å². The fourth-order valence-corrected chi connectivity index (χ4v) is 1.77. The standard InChI is InChI=1S/C14H20N2O2/c1-11-3-5-12(6-4-11)18-10-9-16(2)13(17)14(15)7-8-14/h3-6H,7-10,15H2,1-2H3. The van der Waals surface area contributed by atoms with Gasteiger partial charge in [0.1, 0.15) is 12.4 Å². The van der Waals surface area contributed by atoms with Crippen molar-refractivity contribution < 1.29 is 9.53 Å². The zero-order chi connectivity index (χ0) is 13.2. The second-order valence-corrected chi connectivity index (χ2v) is 5.04.